The molecule has 1 atom stereocenters. The Morgan fingerprint density at radius 3 is 2.62 bits per heavy atom. The maximum absolute atomic E-state index is 12.4. The van der Waals surface area contributed by atoms with E-state index in [0.717, 1.165) is 36.5 Å². The second-order valence-corrected chi connectivity index (χ2v) is 8.25. The lowest BCUT2D eigenvalue weighted by atomic mass is 10.00. The number of anilines is 1. The van der Waals surface area contributed by atoms with Crippen LogP contribution < -0.4 is 15.5 Å². The normalized spacial score (nSPS) is 13.8. The standard InChI is InChI=1S/C26H28N4O2/c1-18-6-5-9-22(14-18)26(32)29-19(2)25(31)28-16-20-10-11-24(27-15-20)30-13-12-21-7-3-4-8-23(21)17-30/h3-11,14-15,19H,12-13,16-17H2,1-2H3,(H,28,31)(H,29,32). The lowest BCUT2D eigenvalue weighted by molar-refractivity contribution is -0.122. The van der Waals surface area contributed by atoms with Crippen molar-refractivity contribution in [1.82, 2.24) is 15.6 Å². The van der Waals surface area contributed by atoms with Gasteiger partial charge in [-0.25, -0.2) is 4.98 Å². The molecule has 2 N–H and O–H groups in total. The predicted molar refractivity (Wildman–Crippen MR) is 125 cm³/mol. The summed E-state index contributed by atoms with van der Waals surface area (Å²) in [5.41, 5.74) is 5.21. The highest BCUT2D eigenvalue weighted by Crippen LogP contribution is 2.23. The molecule has 32 heavy (non-hydrogen) atoms. The highest BCUT2D eigenvalue weighted by atomic mass is 16.2. The fourth-order valence-corrected chi connectivity index (χ4v) is 3.87. The molecule has 0 radical (unpaired) electrons. The van der Waals surface area contributed by atoms with Gasteiger partial charge in [0.05, 0.1) is 0 Å². The maximum Gasteiger partial charge on any atom is 0.251 e. The van der Waals surface area contributed by atoms with Crippen LogP contribution in [0.25, 0.3) is 0 Å². The van der Waals surface area contributed by atoms with Crippen molar-refractivity contribution in [3.8, 4) is 0 Å². The minimum Gasteiger partial charge on any atom is -0.352 e. The van der Waals surface area contributed by atoms with Gasteiger partial charge in [0.25, 0.3) is 5.91 Å². The molecule has 1 aliphatic heterocycles. The Labute approximate surface area is 188 Å². The summed E-state index contributed by atoms with van der Waals surface area (Å²) in [6.45, 7) is 5.77. The number of rotatable bonds is 6. The molecule has 2 heterocycles. The summed E-state index contributed by atoms with van der Waals surface area (Å²) in [5.74, 6) is 0.446. The number of aromatic nitrogens is 1. The summed E-state index contributed by atoms with van der Waals surface area (Å²) in [7, 11) is 0. The zero-order chi connectivity index (χ0) is 22.5. The summed E-state index contributed by atoms with van der Waals surface area (Å²) in [6.07, 6.45) is 2.81. The molecule has 6 nitrogen and oxygen atoms in total. The van der Waals surface area contributed by atoms with Gasteiger partial charge in [-0.3, -0.25) is 9.59 Å². The van der Waals surface area contributed by atoms with Gasteiger partial charge in [-0.2, -0.15) is 0 Å². The van der Waals surface area contributed by atoms with Gasteiger partial charge < -0.3 is 15.5 Å². The van der Waals surface area contributed by atoms with E-state index in [-0.39, 0.29) is 11.8 Å². The minimum absolute atomic E-state index is 0.234. The third-order valence-electron chi connectivity index (χ3n) is 5.75. The van der Waals surface area contributed by atoms with E-state index < -0.39 is 6.04 Å². The molecular weight excluding hydrogens is 400 g/mol. The number of nitrogens with one attached hydrogen (secondary N) is 2. The van der Waals surface area contributed by atoms with E-state index in [4.69, 9.17) is 0 Å². The first-order valence-corrected chi connectivity index (χ1v) is 10.9. The lowest BCUT2D eigenvalue weighted by Gasteiger charge is -2.29. The number of hydrogen-bond acceptors (Lipinski definition) is 4. The quantitative estimate of drug-likeness (QED) is 0.631. The first kappa shape index (κ1) is 21.6. The van der Waals surface area contributed by atoms with Gasteiger partial charge in [0, 0.05) is 31.4 Å². The molecule has 0 saturated heterocycles. The fourth-order valence-electron chi connectivity index (χ4n) is 3.87. The van der Waals surface area contributed by atoms with Crippen LogP contribution in [-0.2, 0) is 24.3 Å². The smallest absolute Gasteiger partial charge is 0.251 e. The highest BCUT2D eigenvalue weighted by Gasteiger charge is 2.18. The Kier molecular flexibility index (Phi) is 6.50. The Bertz CT molecular complexity index is 1110. The highest BCUT2D eigenvalue weighted by molar-refractivity contribution is 5.97. The predicted octanol–water partition coefficient (Wildman–Crippen LogP) is 3.39. The summed E-state index contributed by atoms with van der Waals surface area (Å²) in [6, 6.07) is 19.2. The number of amides is 2. The number of hydrogen-bond donors (Lipinski definition) is 2. The molecule has 0 saturated carbocycles. The molecule has 0 spiro atoms. The zero-order valence-corrected chi connectivity index (χ0v) is 18.5. The molecule has 4 rings (SSSR count). The molecule has 2 amide bonds. The van der Waals surface area contributed by atoms with E-state index >= 15 is 0 Å². The molecule has 0 bridgehead atoms. The van der Waals surface area contributed by atoms with Crippen molar-refractivity contribution in [2.24, 2.45) is 0 Å². The van der Waals surface area contributed by atoms with Crippen molar-refractivity contribution < 1.29 is 9.59 Å². The van der Waals surface area contributed by atoms with E-state index in [1.807, 2.05) is 31.2 Å². The topological polar surface area (TPSA) is 74.3 Å². The van der Waals surface area contributed by atoms with E-state index in [1.54, 1.807) is 25.3 Å². The second-order valence-electron chi connectivity index (χ2n) is 8.25. The van der Waals surface area contributed by atoms with Gasteiger partial charge in [0.1, 0.15) is 11.9 Å². The van der Waals surface area contributed by atoms with Crippen molar-refractivity contribution in [1.29, 1.82) is 0 Å². The van der Waals surface area contributed by atoms with Crippen LogP contribution >= 0.6 is 0 Å². The third-order valence-corrected chi connectivity index (χ3v) is 5.75. The van der Waals surface area contributed by atoms with Crippen LogP contribution in [0.2, 0.25) is 0 Å². The number of aryl methyl sites for hydroxylation is 1. The van der Waals surface area contributed by atoms with Crippen molar-refractivity contribution in [2.45, 2.75) is 39.4 Å². The third kappa shape index (κ3) is 5.14. The van der Waals surface area contributed by atoms with Crippen LogP contribution in [0.3, 0.4) is 0 Å². The zero-order valence-electron chi connectivity index (χ0n) is 18.5. The molecular formula is C26H28N4O2. The van der Waals surface area contributed by atoms with Crippen molar-refractivity contribution in [3.05, 3.63) is 94.7 Å². The van der Waals surface area contributed by atoms with Gasteiger partial charge >= 0.3 is 0 Å². The molecule has 1 aromatic heterocycles. The van der Waals surface area contributed by atoms with Crippen LogP contribution in [0.1, 0.15) is 39.5 Å². The van der Waals surface area contributed by atoms with Crippen LogP contribution in [-0.4, -0.2) is 29.4 Å². The number of benzene rings is 2. The number of nitrogens with zero attached hydrogens (tertiary/aromatic N) is 2. The first-order chi connectivity index (χ1) is 15.5. The van der Waals surface area contributed by atoms with Crippen LogP contribution in [0.4, 0.5) is 5.82 Å². The van der Waals surface area contributed by atoms with Gasteiger partial charge in [-0.15, -0.1) is 0 Å². The number of fused-ring (bicyclic) bond motifs is 1. The molecule has 0 fully saturated rings. The van der Waals surface area contributed by atoms with Gasteiger partial charge in [0.15, 0.2) is 0 Å². The summed E-state index contributed by atoms with van der Waals surface area (Å²) in [4.78, 5) is 31.6. The maximum atomic E-state index is 12.4. The van der Waals surface area contributed by atoms with Gasteiger partial charge in [-0.05, 0) is 55.2 Å². The van der Waals surface area contributed by atoms with E-state index in [2.05, 4.69) is 44.8 Å². The van der Waals surface area contributed by atoms with Gasteiger partial charge in [-0.1, -0.05) is 48.0 Å². The monoisotopic (exact) mass is 428 g/mol. The molecule has 1 unspecified atom stereocenters. The number of carbonyl (C=O) groups is 2. The summed E-state index contributed by atoms with van der Waals surface area (Å²) in [5, 5.41) is 5.62. The lowest BCUT2D eigenvalue weighted by Crippen LogP contribution is -2.44. The van der Waals surface area contributed by atoms with Crippen molar-refractivity contribution >= 4 is 17.6 Å². The van der Waals surface area contributed by atoms with Gasteiger partial charge in [0.2, 0.25) is 5.91 Å². The fraction of sp³-hybridized carbons (Fsp3) is 0.269. The van der Waals surface area contributed by atoms with Crippen molar-refractivity contribution in [2.75, 3.05) is 11.4 Å². The number of carbonyl (C=O) groups excluding carboxylic acids is 2. The molecule has 0 aliphatic carbocycles. The van der Waals surface area contributed by atoms with E-state index in [1.165, 1.54) is 11.1 Å². The molecule has 1 aliphatic rings. The Balaban J connectivity index is 1.28. The largest absolute Gasteiger partial charge is 0.352 e. The number of pyridine rings is 1. The van der Waals surface area contributed by atoms with Crippen LogP contribution in [0.15, 0.2) is 66.9 Å². The second kappa shape index (κ2) is 9.64. The summed E-state index contributed by atoms with van der Waals surface area (Å²) < 4.78 is 0. The molecule has 3 aromatic rings. The van der Waals surface area contributed by atoms with Crippen LogP contribution in [0.5, 0.6) is 0 Å². The Morgan fingerprint density at radius 2 is 1.88 bits per heavy atom. The molecule has 164 valence electrons. The Morgan fingerprint density at radius 1 is 1.06 bits per heavy atom. The minimum atomic E-state index is -0.635. The molecule has 2 aromatic carbocycles. The SMILES string of the molecule is Cc1cccc(C(=O)NC(C)C(=O)NCc2ccc(N3CCc4ccccc4C3)nc2)c1. The van der Waals surface area contributed by atoms with E-state index in [0.29, 0.717) is 12.1 Å². The van der Waals surface area contributed by atoms with Crippen LogP contribution in [0, 0.1) is 6.92 Å². The van der Waals surface area contributed by atoms with E-state index in [9.17, 15) is 9.59 Å². The average Bonchev–Trinajstić information content (AvgIpc) is 2.82. The summed E-state index contributed by atoms with van der Waals surface area (Å²) >= 11 is 0. The van der Waals surface area contributed by atoms with Crippen molar-refractivity contribution in [3.63, 3.8) is 0 Å². The molecule has 6 heteroatoms. The Hall–Kier alpha value is -3.67. The first-order valence-electron chi connectivity index (χ1n) is 10.9. The average molecular weight is 429 g/mol.